The molecule has 2 aromatic carbocycles. The van der Waals surface area contributed by atoms with Gasteiger partial charge in [0.25, 0.3) is 10.2 Å². The predicted octanol–water partition coefficient (Wildman–Crippen LogP) is 5.55. The van der Waals surface area contributed by atoms with Gasteiger partial charge >= 0.3 is 0 Å². The van der Waals surface area contributed by atoms with Crippen molar-refractivity contribution in [1.29, 1.82) is 0 Å². The molecule has 1 fully saturated rings. The molecule has 3 rings (SSSR count). The molecule has 0 bridgehead atoms. The van der Waals surface area contributed by atoms with E-state index in [1.54, 1.807) is 18.2 Å². The summed E-state index contributed by atoms with van der Waals surface area (Å²) in [6.07, 6.45) is 4.50. The van der Waals surface area contributed by atoms with Crippen LogP contribution in [-0.2, 0) is 10.2 Å². The number of anilines is 3. The Morgan fingerprint density at radius 3 is 2.39 bits per heavy atom. The molecule has 0 saturated heterocycles. The lowest BCUT2D eigenvalue weighted by atomic mass is 9.96. The number of rotatable bonds is 6. The lowest BCUT2D eigenvalue weighted by molar-refractivity contribution is 0.413. The third-order valence-corrected chi connectivity index (χ3v) is 6.57. The summed E-state index contributed by atoms with van der Waals surface area (Å²) < 4.78 is 59.0. The highest BCUT2D eigenvalue weighted by molar-refractivity contribution is 14.1. The van der Waals surface area contributed by atoms with E-state index in [4.69, 9.17) is 11.6 Å². The van der Waals surface area contributed by atoms with E-state index in [1.165, 1.54) is 6.07 Å². The zero-order valence-electron chi connectivity index (χ0n) is 14.7. The van der Waals surface area contributed by atoms with Crippen molar-refractivity contribution in [1.82, 2.24) is 4.72 Å². The van der Waals surface area contributed by atoms with Gasteiger partial charge in [-0.3, -0.25) is 4.72 Å². The van der Waals surface area contributed by atoms with Crippen LogP contribution in [0.25, 0.3) is 0 Å². The van der Waals surface area contributed by atoms with Crippen molar-refractivity contribution < 1.29 is 17.2 Å². The first-order valence-electron chi connectivity index (χ1n) is 8.75. The molecule has 2 aromatic rings. The average molecular weight is 542 g/mol. The number of nitrogens with one attached hydrogen (secondary N) is 3. The third kappa shape index (κ3) is 5.46. The minimum Gasteiger partial charge on any atom is -0.350 e. The third-order valence-electron chi connectivity index (χ3n) is 4.46. The van der Waals surface area contributed by atoms with Crippen molar-refractivity contribution in [2.24, 2.45) is 0 Å². The first kappa shape index (κ1) is 21.5. The van der Waals surface area contributed by atoms with Crippen LogP contribution in [0, 0.1) is 15.2 Å². The molecule has 1 aliphatic rings. The summed E-state index contributed by atoms with van der Waals surface area (Å²) in [6.45, 7) is 0. The maximum absolute atomic E-state index is 14.5. The van der Waals surface area contributed by atoms with Gasteiger partial charge < -0.3 is 5.32 Å². The van der Waals surface area contributed by atoms with Gasteiger partial charge in [-0.2, -0.15) is 13.1 Å². The fraction of sp³-hybridized carbons (Fsp3) is 0.333. The van der Waals surface area contributed by atoms with Crippen molar-refractivity contribution in [3.63, 3.8) is 0 Å². The Balaban J connectivity index is 1.87. The summed E-state index contributed by atoms with van der Waals surface area (Å²) in [7, 11) is -3.96. The van der Waals surface area contributed by atoms with E-state index >= 15 is 0 Å². The summed E-state index contributed by atoms with van der Waals surface area (Å²) in [5.41, 5.74) is -0.124. The van der Waals surface area contributed by atoms with Crippen molar-refractivity contribution in [3.8, 4) is 0 Å². The second-order valence-electron chi connectivity index (χ2n) is 6.59. The van der Waals surface area contributed by atoms with E-state index in [0.29, 0.717) is 10.7 Å². The highest BCUT2D eigenvalue weighted by atomic mass is 127. The standard InChI is InChI=1S/C18H19ClF2IN3O2S/c19-13-10-11(22)6-8-15(13)23-18-16(9-7-14(20)17(18)21)25-28(26,27)24-12-4-2-1-3-5-12/h6-10,12,23-25H,1-5H2. The molecule has 0 aliphatic heterocycles. The van der Waals surface area contributed by atoms with Gasteiger partial charge in [-0.25, -0.2) is 8.78 Å². The molecular formula is C18H19ClF2IN3O2S. The van der Waals surface area contributed by atoms with Crippen molar-refractivity contribution in [2.45, 2.75) is 38.1 Å². The molecular weight excluding hydrogens is 523 g/mol. The molecule has 0 heterocycles. The molecule has 152 valence electrons. The summed E-state index contributed by atoms with van der Waals surface area (Å²) >= 11 is 8.22. The predicted molar refractivity (Wildman–Crippen MR) is 116 cm³/mol. The Morgan fingerprint density at radius 2 is 1.71 bits per heavy atom. The zero-order chi connectivity index (χ0) is 20.3. The average Bonchev–Trinajstić information content (AvgIpc) is 2.63. The fourth-order valence-corrected chi connectivity index (χ4v) is 5.19. The highest BCUT2D eigenvalue weighted by Gasteiger charge is 2.23. The zero-order valence-corrected chi connectivity index (χ0v) is 18.5. The smallest absolute Gasteiger partial charge is 0.299 e. The molecule has 0 unspecified atom stereocenters. The number of hydrogen-bond acceptors (Lipinski definition) is 3. The molecule has 28 heavy (non-hydrogen) atoms. The quantitative estimate of drug-likeness (QED) is 0.420. The lowest BCUT2D eigenvalue weighted by Crippen LogP contribution is -2.39. The fourth-order valence-electron chi connectivity index (χ4n) is 3.10. The van der Waals surface area contributed by atoms with Gasteiger partial charge in [0.1, 0.15) is 5.69 Å². The maximum Gasteiger partial charge on any atom is 0.299 e. The van der Waals surface area contributed by atoms with E-state index in [2.05, 4.69) is 37.4 Å². The van der Waals surface area contributed by atoms with Crippen LogP contribution >= 0.6 is 34.2 Å². The van der Waals surface area contributed by atoms with Crippen LogP contribution < -0.4 is 14.8 Å². The molecule has 0 radical (unpaired) electrons. The minimum atomic E-state index is -3.96. The van der Waals surface area contributed by atoms with Crippen LogP contribution in [0.4, 0.5) is 25.8 Å². The Bertz CT molecular complexity index is 970. The number of halogens is 4. The summed E-state index contributed by atoms with van der Waals surface area (Å²) in [5.74, 6) is -2.31. The molecule has 0 aromatic heterocycles. The van der Waals surface area contributed by atoms with E-state index < -0.39 is 21.8 Å². The van der Waals surface area contributed by atoms with Gasteiger partial charge in [-0.1, -0.05) is 30.9 Å². The van der Waals surface area contributed by atoms with Crippen molar-refractivity contribution in [3.05, 3.63) is 50.6 Å². The second kappa shape index (κ2) is 9.10. The van der Waals surface area contributed by atoms with Gasteiger partial charge in [-0.05, 0) is 65.8 Å². The van der Waals surface area contributed by atoms with Gasteiger partial charge in [-0.15, -0.1) is 0 Å². The van der Waals surface area contributed by atoms with E-state index in [9.17, 15) is 17.2 Å². The van der Waals surface area contributed by atoms with Gasteiger partial charge in [0.15, 0.2) is 11.6 Å². The highest BCUT2D eigenvalue weighted by Crippen LogP contribution is 2.34. The van der Waals surface area contributed by atoms with Gasteiger partial charge in [0.05, 0.1) is 16.4 Å². The van der Waals surface area contributed by atoms with Crippen molar-refractivity contribution in [2.75, 3.05) is 10.0 Å². The van der Waals surface area contributed by atoms with E-state index in [-0.39, 0.29) is 17.4 Å². The summed E-state index contributed by atoms with van der Waals surface area (Å²) in [5, 5.41) is 2.99. The summed E-state index contributed by atoms with van der Waals surface area (Å²) in [4.78, 5) is 0. The van der Waals surface area contributed by atoms with E-state index in [0.717, 1.165) is 41.7 Å². The maximum atomic E-state index is 14.5. The number of benzene rings is 2. The Labute approximate surface area is 181 Å². The van der Waals surface area contributed by atoms with Gasteiger partial charge in [0.2, 0.25) is 0 Å². The molecule has 10 heteroatoms. The largest absolute Gasteiger partial charge is 0.350 e. The Morgan fingerprint density at radius 1 is 1.04 bits per heavy atom. The molecule has 5 nitrogen and oxygen atoms in total. The molecule has 0 amide bonds. The molecule has 3 N–H and O–H groups in total. The molecule has 0 spiro atoms. The summed E-state index contributed by atoms with van der Waals surface area (Å²) in [6, 6.07) is 6.86. The van der Waals surface area contributed by atoms with Crippen LogP contribution in [-0.4, -0.2) is 14.5 Å². The van der Waals surface area contributed by atoms with Crippen LogP contribution in [0.2, 0.25) is 5.02 Å². The Hall–Kier alpha value is -1.17. The lowest BCUT2D eigenvalue weighted by Gasteiger charge is -2.23. The van der Waals surface area contributed by atoms with Crippen LogP contribution in [0.3, 0.4) is 0 Å². The molecule has 1 saturated carbocycles. The van der Waals surface area contributed by atoms with E-state index in [1.807, 2.05) is 0 Å². The second-order valence-corrected chi connectivity index (χ2v) is 9.69. The molecule has 0 atom stereocenters. The Kier molecular flexibility index (Phi) is 7.00. The van der Waals surface area contributed by atoms with Gasteiger partial charge in [0, 0.05) is 9.61 Å². The topological polar surface area (TPSA) is 70.2 Å². The van der Waals surface area contributed by atoms with Crippen LogP contribution in [0.1, 0.15) is 32.1 Å². The SMILES string of the molecule is O=S(=O)(Nc1ccc(F)c(F)c1Nc1ccc(I)cc1Cl)NC1CCCCC1. The first-order chi connectivity index (χ1) is 13.2. The molecule has 1 aliphatic carbocycles. The monoisotopic (exact) mass is 541 g/mol. The van der Waals surface area contributed by atoms with Crippen LogP contribution in [0.5, 0.6) is 0 Å². The first-order valence-corrected chi connectivity index (χ1v) is 11.7. The van der Waals surface area contributed by atoms with Crippen molar-refractivity contribution >= 4 is 61.5 Å². The number of hydrogen-bond donors (Lipinski definition) is 3. The van der Waals surface area contributed by atoms with Crippen LogP contribution in [0.15, 0.2) is 30.3 Å². The normalized spacial score (nSPS) is 15.4. The minimum absolute atomic E-state index is 0.114.